The number of likely N-dealkylation sites (N-methyl/N-ethyl adjacent to an activating group) is 2. The predicted molar refractivity (Wildman–Crippen MR) is 77.2 cm³/mol. The topological polar surface area (TPSA) is 24.9 Å². The van der Waals surface area contributed by atoms with Crippen LogP contribution in [0.1, 0.15) is 17.2 Å². The van der Waals surface area contributed by atoms with E-state index in [0.29, 0.717) is 6.04 Å². The van der Waals surface area contributed by atoms with Gasteiger partial charge in [-0.25, -0.2) is 0 Å². The van der Waals surface area contributed by atoms with Crippen molar-refractivity contribution in [3.8, 4) is 11.5 Å². The summed E-state index contributed by atoms with van der Waals surface area (Å²) in [5.74, 6) is 1.88. The van der Waals surface area contributed by atoms with Crippen LogP contribution in [0.4, 0.5) is 0 Å². The molecule has 0 amide bonds. The van der Waals surface area contributed by atoms with Gasteiger partial charge in [-0.1, -0.05) is 0 Å². The Morgan fingerprint density at radius 2 is 1.74 bits per heavy atom. The molecule has 1 aliphatic heterocycles. The van der Waals surface area contributed by atoms with Crippen molar-refractivity contribution in [2.45, 2.75) is 13.0 Å². The molecule has 4 nitrogen and oxygen atoms in total. The molecule has 1 atom stereocenters. The molecule has 2 rings (SSSR count). The van der Waals surface area contributed by atoms with E-state index in [9.17, 15) is 0 Å². The molecule has 0 aromatic heterocycles. The third-order valence-electron chi connectivity index (χ3n) is 3.96. The number of hydrogen-bond acceptors (Lipinski definition) is 4. The van der Waals surface area contributed by atoms with Crippen LogP contribution < -0.4 is 9.47 Å². The first kappa shape index (κ1) is 14.2. The van der Waals surface area contributed by atoms with E-state index >= 15 is 0 Å². The van der Waals surface area contributed by atoms with Crippen molar-refractivity contribution < 1.29 is 9.47 Å². The Labute approximate surface area is 115 Å². The summed E-state index contributed by atoms with van der Waals surface area (Å²) in [4.78, 5) is 4.74. The number of rotatable bonds is 3. The maximum Gasteiger partial charge on any atom is 0.124 e. The Morgan fingerprint density at radius 3 is 2.37 bits per heavy atom. The summed E-state index contributed by atoms with van der Waals surface area (Å²) in [6, 6.07) is 4.54. The molecule has 0 saturated carbocycles. The van der Waals surface area contributed by atoms with Crippen LogP contribution in [0.15, 0.2) is 12.1 Å². The molecule has 1 heterocycles. The molecular weight excluding hydrogens is 240 g/mol. The van der Waals surface area contributed by atoms with Crippen molar-refractivity contribution in [1.82, 2.24) is 9.80 Å². The lowest BCUT2D eigenvalue weighted by atomic mass is 9.99. The second-order valence-corrected chi connectivity index (χ2v) is 5.32. The van der Waals surface area contributed by atoms with Crippen LogP contribution in [0.2, 0.25) is 0 Å². The Morgan fingerprint density at radius 1 is 1.05 bits per heavy atom. The van der Waals surface area contributed by atoms with E-state index < -0.39 is 0 Å². The van der Waals surface area contributed by atoms with Crippen LogP contribution in [0.3, 0.4) is 0 Å². The third-order valence-corrected chi connectivity index (χ3v) is 3.96. The van der Waals surface area contributed by atoms with Gasteiger partial charge in [0.1, 0.15) is 11.5 Å². The minimum atomic E-state index is 0.350. The van der Waals surface area contributed by atoms with Crippen LogP contribution in [0.5, 0.6) is 11.5 Å². The van der Waals surface area contributed by atoms with Gasteiger partial charge in [0.15, 0.2) is 0 Å². The first-order valence-corrected chi connectivity index (χ1v) is 6.68. The van der Waals surface area contributed by atoms with Gasteiger partial charge in [-0.3, -0.25) is 4.90 Å². The number of nitrogens with zero attached hydrogens (tertiary/aromatic N) is 2. The van der Waals surface area contributed by atoms with Gasteiger partial charge < -0.3 is 14.4 Å². The molecule has 106 valence electrons. The fourth-order valence-corrected chi connectivity index (χ4v) is 2.68. The Hall–Kier alpha value is -1.26. The van der Waals surface area contributed by atoms with Crippen molar-refractivity contribution in [2.24, 2.45) is 0 Å². The standard InChI is InChI=1S/C15H24N2O2/c1-11-8-15(19-5)12(9-14(11)18-4)13-10-16(2)6-7-17(13)3/h8-9,13H,6-7,10H2,1-5H3. The van der Waals surface area contributed by atoms with Crippen LogP contribution in [0, 0.1) is 6.92 Å². The van der Waals surface area contributed by atoms with Crippen molar-refractivity contribution >= 4 is 0 Å². The lowest BCUT2D eigenvalue weighted by Gasteiger charge is -2.38. The maximum absolute atomic E-state index is 5.56. The number of methoxy groups -OCH3 is 2. The molecule has 0 bridgehead atoms. The van der Waals surface area contributed by atoms with Crippen molar-refractivity contribution in [3.63, 3.8) is 0 Å². The Bertz CT molecular complexity index is 448. The van der Waals surface area contributed by atoms with Crippen LogP contribution in [0.25, 0.3) is 0 Å². The van der Waals surface area contributed by atoms with E-state index in [-0.39, 0.29) is 0 Å². The number of ether oxygens (including phenoxy) is 2. The van der Waals surface area contributed by atoms with E-state index in [4.69, 9.17) is 9.47 Å². The highest BCUT2D eigenvalue weighted by molar-refractivity contribution is 5.47. The van der Waals surface area contributed by atoms with Gasteiger partial charge in [-0.2, -0.15) is 0 Å². The van der Waals surface area contributed by atoms with Crippen molar-refractivity contribution in [2.75, 3.05) is 47.9 Å². The minimum absolute atomic E-state index is 0.350. The minimum Gasteiger partial charge on any atom is -0.496 e. The SMILES string of the molecule is COc1cc(C2CN(C)CCN2C)c(OC)cc1C. The molecule has 4 heteroatoms. The van der Waals surface area contributed by atoms with Gasteiger partial charge in [0.25, 0.3) is 0 Å². The van der Waals surface area contributed by atoms with Crippen molar-refractivity contribution in [1.29, 1.82) is 0 Å². The molecule has 0 radical (unpaired) electrons. The first-order valence-electron chi connectivity index (χ1n) is 6.68. The summed E-state index contributed by atoms with van der Waals surface area (Å²) in [5, 5.41) is 0. The van der Waals surface area contributed by atoms with E-state index in [1.165, 1.54) is 5.56 Å². The molecular formula is C15H24N2O2. The molecule has 0 spiro atoms. The molecule has 19 heavy (non-hydrogen) atoms. The molecule has 1 aromatic carbocycles. The fraction of sp³-hybridized carbons (Fsp3) is 0.600. The highest BCUT2D eigenvalue weighted by Gasteiger charge is 2.27. The normalized spacial score (nSPS) is 21.4. The quantitative estimate of drug-likeness (QED) is 0.833. The number of hydrogen-bond donors (Lipinski definition) is 0. The van der Waals surface area contributed by atoms with Gasteiger partial charge in [-0.05, 0) is 38.7 Å². The molecule has 0 aliphatic carbocycles. The van der Waals surface area contributed by atoms with E-state index in [1.54, 1.807) is 14.2 Å². The van der Waals surface area contributed by atoms with Gasteiger partial charge in [0.2, 0.25) is 0 Å². The smallest absolute Gasteiger partial charge is 0.124 e. The number of piperazine rings is 1. The van der Waals surface area contributed by atoms with Crippen LogP contribution in [-0.4, -0.2) is 57.7 Å². The summed E-state index contributed by atoms with van der Waals surface area (Å²) in [5.41, 5.74) is 2.31. The summed E-state index contributed by atoms with van der Waals surface area (Å²) >= 11 is 0. The van der Waals surface area contributed by atoms with Crippen LogP contribution >= 0.6 is 0 Å². The zero-order valence-electron chi connectivity index (χ0n) is 12.6. The predicted octanol–water partition coefficient (Wildman–Crippen LogP) is 1.93. The molecule has 1 unspecified atom stereocenters. The lowest BCUT2D eigenvalue weighted by molar-refractivity contribution is 0.113. The average Bonchev–Trinajstić information content (AvgIpc) is 2.41. The average molecular weight is 264 g/mol. The summed E-state index contributed by atoms with van der Waals surface area (Å²) in [6.07, 6.45) is 0. The highest BCUT2D eigenvalue weighted by Crippen LogP contribution is 2.35. The monoisotopic (exact) mass is 264 g/mol. The molecule has 1 aliphatic rings. The fourth-order valence-electron chi connectivity index (χ4n) is 2.68. The molecule has 0 N–H and O–H groups in total. The Balaban J connectivity index is 2.41. The lowest BCUT2D eigenvalue weighted by Crippen LogP contribution is -2.44. The molecule has 1 saturated heterocycles. The second kappa shape index (κ2) is 5.80. The van der Waals surface area contributed by atoms with E-state index in [0.717, 1.165) is 36.7 Å². The number of aryl methyl sites for hydroxylation is 1. The highest BCUT2D eigenvalue weighted by atomic mass is 16.5. The number of benzene rings is 1. The zero-order valence-corrected chi connectivity index (χ0v) is 12.6. The first-order chi connectivity index (χ1) is 9.06. The second-order valence-electron chi connectivity index (χ2n) is 5.32. The largest absolute Gasteiger partial charge is 0.496 e. The third kappa shape index (κ3) is 2.85. The summed E-state index contributed by atoms with van der Waals surface area (Å²) in [7, 11) is 7.79. The molecule has 1 aromatic rings. The molecule has 1 fully saturated rings. The van der Waals surface area contributed by atoms with Gasteiger partial charge in [-0.15, -0.1) is 0 Å². The van der Waals surface area contributed by atoms with Crippen molar-refractivity contribution in [3.05, 3.63) is 23.3 Å². The summed E-state index contributed by atoms with van der Waals surface area (Å²) in [6.45, 7) is 5.24. The van der Waals surface area contributed by atoms with Crippen LogP contribution in [-0.2, 0) is 0 Å². The van der Waals surface area contributed by atoms with Gasteiger partial charge >= 0.3 is 0 Å². The van der Waals surface area contributed by atoms with E-state index in [1.807, 2.05) is 6.92 Å². The summed E-state index contributed by atoms with van der Waals surface area (Å²) < 4.78 is 11.0. The Kier molecular flexibility index (Phi) is 4.32. The zero-order chi connectivity index (χ0) is 14.0. The van der Waals surface area contributed by atoms with E-state index in [2.05, 4.69) is 36.0 Å². The maximum atomic E-state index is 5.56. The van der Waals surface area contributed by atoms with Gasteiger partial charge in [0, 0.05) is 25.2 Å². The van der Waals surface area contributed by atoms with Gasteiger partial charge in [0.05, 0.1) is 20.3 Å².